The first-order valence-electron chi connectivity index (χ1n) is 6.05. The van der Waals surface area contributed by atoms with Gasteiger partial charge in [-0.15, -0.1) is 0 Å². The van der Waals surface area contributed by atoms with Crippen molar-refractivity contribution in [2.24, 2.45) is 11.1 Å². The summed E-state index contributed by atoms with van der Waals surface area (Å²) in [6.07, 6.45) is 0.926. The Morgan fingerprint density at radius 1 is 1.42 bits per heavy atom. The molecule has 6 nitrogen and oxygen atoms in total. The Kier molecular flexibility index (Phi) is 3.88. The molecule has 1 heterocycles. The highest BCUT2D eigenvalue weighted by molar-refractivity contribution is 7.89. The van der Waals surface area contributed by atoms with Crippen LogP contribution in [0.5, 0.6) is 0 Å². The van der Waals surface area contributed by atoms with Gasteiger partial charge in [-0.2, -0.15) is 0 Å². The van der Waals surface area contributed by atoms with Crippen LogP contribution in [-0.2, 0) is 14.8 Å². The van der Waals surface area contributed by atoms with Crippen LogP contribution in [0.25, 0.3) is 0 Å². The molecule has 2 rings (SSSR count). The first kappa shape index (κ1) is 14.0. The normalized spacial score (nSPS) is 23.3. The quantitative estimate of drug-likeness (QED) is 0.741. The van der Waals surface area contributed by atoms with E-state index in [1.807, 2.05) is 6.92 Å². The first-order chi connectivity index (χ1) is 8.89. The molecule has 0 saturated carbocycles. The van der Waals surface area contributed by atoms with Crippen molar-refractivity contribution in [1.82, 2.24) is 5.32 Å². The zero-order chi connectivity index (χ0) is 14.0. The van der Waals surface area contributed by atoms with Crippen molar-refractivity contribution in [1.29, 1.82) is 0 Å². The minimum atomic E-state index is -3.85. The Bertz CT molecular complexity index is 586. The second-order valence-corrected chi connectivity index (χ2v) is 6.26. The molecule has 0 aromatic heterocycles. The van der Waals surface area contributed by atoms with Gasteiger partial charge in [0.2, 0.25) is 15.9 Å². The van der Waals surface area contributed by atoms with E-state index in [9.17, 15) is 13.2 Å². The minimum absolute atomic E-state index is 0.0750. The summed E-state index contributed by atoms with van der Waals surface area (Å²) in [7, 11) is -3.85. The molecule has 1 amide bonds. The SMILES string of the molecule is CC1CCNC1C(=O)Nc1ccccc1S(N)(=O)=O. The maximum Gasteiger partial charge on any atom is 0.241 e. The molecular formula is C12H17N3O3S. The van der Waals surface area contributed by atoms with Gasteiger partial charge in [-0.1, -0.05) is 19.1 Å². The van der Waals surface area contributed by atoms with Gasteiger partial charge >= 0.3 is 0 Å². The van der Waals surface area contributed by atoms with Gasteiger partial charge in [0.25, 0.3) is 0 Å². The Hall–Kier alpha value is -1.44. The van der Waals surface area contributed by atoms with Gasteiger partial charge in [0.15, 0.2) is 0 Å². The molecule has 0 bridgehead atoms. The van der Waals surface area contributed by atoms with Crippen LogP contribution in [0.1, 0.15) is 13.3 Å². The summed E-state index contributed by atoms with van der Waals surface area (Å²) in [5.74, 6) is -0.0113. The van der Waals surface area contributed by atoms with Crippen LogP contribution < -0.4 is 15.8 Å². The molecule has 0 aliphatic carbocycles. The summed E-state index contributed by atoms with van der Waals surface area (Å²) in [4.78, 5) is 12.0. The number of para-hydroxylation sites is 1. The van der Waals surface area contributed by atoms with E-state index in [-0.39, 0.29) is 28.4 Å². The molecule has 0 radical (unpaired) electrons. The van der Waals surface area contributed by atoms with E-state index in [4.69, 9.17) is 5.14 Å². The molecule has 4 N–H and O–H groups in total. The van der Waals surface area contributed by atoms with E-state index in [2.05, 4.69) is 10.6 Å². The Morgan fingerprint density at radius 3 is 2.68 bits per heavy atom. The van der Waals surface area contributed by atoms with Crippen LogP contribution >= 0.6 is 0 Å². The number of carbonyl (C=O) groups excluding carboxylic acids is 1. The van der Waals surface area contributed by atoms with E-state index in [0.29, 0.717) is 0 Å². The van der Waals surface area contributed by atoms with Crippen molar-refractivity contribution in [3.8, 4) is 0 Å². The average molecular weight is 283 g/mol. The van der Waals surface area contributed by atoms with Gasteiger partial charge in [0, 0.05) is 0 Å². The van der Waals surface area contributed by atoms with Crippen molar-refractivity contribution in [3.63, 3.8) is 0 Å². The van der Waals surface area contributed by atoms with E-state index in [0.717, 1.165) is 13.0 Å². The van der Waals surface area contributed by atoms with E-state index >= 15 is 0 Å². The minimum Gasteiger partial charge on any atom is -0.323 e. The van der Waals surface area contributed by atoms with Gasteiger partial charge in [0.1, 0.15) is 4.90 Å². The molecule has 1 saturated heterocycles. The topological polar surface area (TPSA) is 101 Å². The zero-order valence-electron chi connectivity index (χ0n) is 10.6. The molecule has 1 fully saturated rings. The van der Waals surface area contributed by atoms with Crippen molar-refractivity contribution >= 4 is 21.6 Å². The molecule has 1 aliphatic rings. The molecule has 1 aliphatic heterocycles. The van der Waals surface area contributed by atoms with Crippen LogP contribution in [0.15, 0.2) is 29.2 Å². The predicted octanol–water partition coefficient (Wildman–Crippen LogP) is 0.271. The molecule has 2 unspecified atom stereocenters. The van der Waals surface area contributed by atoms with Crippen LogP contribution in [0, 0.1) is 5.92 Å². The monoisotopic (exact) mass is 283 g/mol. The van der Waals surface area contributed by atoms with Gasteiger partial charge in [-0.05, 0) is 31.0 Å². The predicted molar refractivity (Wildman–Crippen MR) is 72.0 cm³/mol. The smallest absolute Gasteiger partial charge is 0.241 e. The molecule has 2 atom stereocenters. The van der Waals surface area contributed by atoms with Crippen molar-refractivity contribution in [3.05, 3.63) is 24.3 Å². The highest BCUT2D eigenvalue weighted by atomic mass is 32.2. The number of hydrogen-bond donors (Lipinski definition) is 3. The van der Waals surface area contributed by atoms with E-state index < -0.39 is 10.0 Å². The Labute approximate surface area is 112 Å². The third-order valence-electron chi connectivity index (χ3n) is 3.27. The fraction of sp³-hybridized carbons (Fsp3) is 0.417. The average Bonchev–Trinajstić information content (AvgIpc) is 2.75. The second kappa shape index (κ2) is 5.28. The first-order valence-corrected chi connectivity index (χ1v) is 7.60. The number of amides is 1. The Balaban J connectivity index is 2.22. The van der Waals surface area contributed by atoms with Gasteiger partial charge < -0.3 is 10.6 Å². The third-order valence-corrected chi connectivity index (χ3v) is 4.24. The van der Waals surface area contributed by atoms with Crippen molar-refractivity contribution < 1.29 is 13.2 Å². The molecular weight excluding hydrogens is 266 g/mol. The number of primary sulfonamides is 1. The van der Waals surface area contributed by atoms with Gasteiger partial charge in [0.05, 0.1) is 11.7 Å². The van der Waals surface area contributed by atoms with Crippen molar-refractivity contribution in [2.75, 3.05) is 11.9 Å². The highest BCUT2D eigenvalue weighted by Gasteiger charge is 2.30. The highest BCUT2D eigenvalue weighted by Crippen LogP contribution is 2.21. The molecule has 19 heavy (non-hydrogen) atoms. The molecule has 104 valence electrons. The lowest BCUT2D eigenvalue weighted by molar-refractivity contribution is -0.118. The van der Waals surface area contributed by atoms with E-state index in [1.54, 1.807) is 12.1 Å². The summed E-state index contributed by atoms with van der Waals surface area (Å²) in [6.45, 7) is 2.77. The summed E-state index contributed by atoms with van der Waals surface area (Å²) >= 11 is 0. The van der Waals surface area contributed by atoms with Gasteiger partial charge in [-0.25, -0.2) is 13.6 Å². The molecule has 1 aromatic rings. The third kappa shape index (κ3) is 3.12. The fourth-order valence-electron chi connectivity index (χ4n) is 2.21. The number of anilines is 1. The maximum absolute atomic E-state index is 12.1. The summed E-state index contributed by atoms with van der Waals surface area (Å²) in [5.41, 5.74) is 0.218. The molecule has 0 spiro atoms. The number of nitrogens with one attached hydrogen (secondary N) is 2. The Morgan fingerprint density at radius 2 is 2.11 bits per heavy atom. The lowest BCUT2D eigenvalue weighted by Gasteiger charge is -2.16. The summed E-state index contributed by atoms with van der Waals surface area (Å²) in [6, 6.07) is 5.81. The van der Waals surface area contributed by atoms with Crippen LogP contribution in [0.3, 0.4) is 0 Å². The zero-order valence-corrected chi connectivity index (χ0v) is 11.4. The second-order valence-electron chi connectivity index (χ2n) is 4.73. The number of carbonyl (C=O) groups is 1. The van der Waals surface area contributed by atoms with Crippen molar-refractivity contribution in [2.45, 2.75) is 24.3 Å². The number of hydrogen-bond acceptors (Lipinski definition) is 4. The lowest BCUT2D eigenvalue weighted by atomic mass is 10.0. The van der Waals surface area contributed by atoms with Gasteiger partial charge in [-0.3, -0.25) is 4.79 Å². The number of sulfonamides is 1. The lowest BCUT2D eigenvalue weighted by Crippen LogP contribution is -2.39. The number of rotatable bonds is 3. The number of nitrogens with two attached hydrogens (primary N) is 1. The molecule has 1 aromatic carbocycles. The standard InChI is InChI=1S/C12H17N3O3S/c1-8-6-7-14-11(8)12(16)15-9-4-2-3-5-10(9)19(13,17)18/h2-5,8,11,14H,6-7H2,1H3,(H,15,16)(H2,13,17,18). The fourth-order valence-corrected chi connectivity index (χ4v) is 2.91. The number of benzene rings is 1. The summed E-state index contributed by atoms with van der Waals surface area (Å²) < 4.78 is 22.9. The largest absolute Gasteiger partial charge is 0.323 e. The summed E-state index contributed by atoms with van der Waals surface area (Å²) in [5, 5.41) is 10.8. The van der Waals surface area contributed by atoms with Crippen LogP contribution in [0.4, 0.5) is 5.69 Å². The maximum atomic E-state index is 12.1. The molecule has 7 heteroatoms. The van der Waals surface area contributed by atoms with E-state index in [1.165, 1.54) is 12.1 Å². The van der Waals surface area contributed by atoms with Crippen LogP contribution in [0.2, 0.25) is 0 Å². The van der Waals surface area contributed by atoms with Crippen LogP contribution in [-0.4, -0.2) is 26.9 Å².